The zero-order valence-corrected chi connectivity index (χ0v) is 18.4. The molecule has 0 spiro atoms. The Balaban J connectivity index is 2.16. The number of rotatable bonds is 7. The molecule has 0 aliphatic rings. The maximum Gasteiger partial charge on any atom is 0.244 e. The third-order valence-corrected chi connectivity index (χ3v) is 6.58. The van der Waals surface area contributed by atoms with Crippen LogP contribution in [-0.4, -0.2) is 33.2 Å². The summed E-state index contributed by atoms with van der Waals surface area (Å²) in [5.41, 5.74) is 0.892. The lowest BCUT2D eigenvalue weighted by molar-refractivity contribution is 0.493. The fraction of sp³-hybridized carbons (Fsp3) is 0.500. The van der Waals surface area contributed by atoms with Crippen LogP contribution < -0.4 is 9.86 Å². The average molecular weight is 429 g/mol. The molecule has 0 radical (unpaired) electrons. The largest absolute Gasteiger partial charge is 0.269 e. The predicted octanol–water partition coefficient (Wildman–Crippen LogP) is 1.93. The Labute approximate surface area is 167 Å². The van der Waals surface area contributed by atoms with E-state index < -0.39 is 25.5 Å². The molecule has 28 heavy (non-hydrogen) atoms. The summed E-state index contributed by atoms with van der Waals surface area (Å²) in [6.45, 7) is 9.82. The molecular weight excluding hydrogens is 400 g/mol. The van der Waals surface area contributed by atoms with E-state index in [2.05, 4.69) is 9.82 Å². The minimum Gasteiger partial charge on any atom is -0.269 e. The second kappa shape index (κ2) is 7.94. The van der Waals surface area contributed by atoms with Gasteiger partial charge in [0.15, 0.2) is 0 Å². The average Bonchev–Trinajstić information content (AvgIpc) is 3.01. The van der Waals surface area contributed by atoms with Crippen molar-refractivity contribution in [3.8, 4) is 0 Å². The summed E-state index contributed by atoms with van der Waals surface area (Å²) in [7, 11) is -7.48. The molecule has 2 rings (SSSR count). The van der Waals surface area contributed by atoms with Crippen LogP contribution in [0.15, 0.2) is 40.3 Å². The molecule has 2 aromatic rings. The number of primary sulfonamides is 1. The van der Waals surface area contributed by atoms with E-state index in [1.807, 2.05) is 34.6 Å². The van der Waals surface area contributed by atoms with Crippen LogP contribution in [0.1, 0.15) is 51.9 Å². The molecule has 156 valence electrons. The first-order chi connectivity index (χ1) is 12.7. The Morgan fingerprint density at radius 1 is 1.11 bits per heavy atom. The van der Waals surface area contributed by atoms with Crippen molar-refractivity contribution in [2.75, 3.05) is 6.54 Å². The number of benzene rings is 1. The number of nitrogens with two attached hydrogens (primary N) is 1. The monoisotopic (exact) mass is 428 g/mol. The minimum atomic E-state index is -3.74. The van der Waals surface area contributed by atoms with E-state index in [-0.39, 0.29) is 22.4 Å². The van der Waals surface area contributed by atoms with Crippen LogP contribution >= 0.6 is 0 Å². The summed E-state index contributed by atoms with van der Waals surface area (Å²) in [5.74, 6) is 0. The van der Waals surface area contributed by atoms with Gasteiger partial charge in [0, 0.05) is 24.2 Å². The quantitative estimate of drug-likeness (QED) is 0.697. The molecular formula is C18H28N4O4S2. The van der Waals surface area contributed by atoms with Crippen molar-refractivity contribution < 1.29 is 16.8 Å². The van der Waals surface area contributed by atoms with Gasteiger partial charge in [-0.25, -0.2) is 26.7 Å². The highest BCUT2D eigenvalue weighted by Gasteiger charge is 2.30. The molecule has 0 unspecified atom stereocenters. The number of hydrogen-bond donors (Lipinski definition) is 2. The molecule has 1 heterocycles. The Hall–Kier alpha value is -1.75. The lowest BCUT2D eigenvalue weighted by atomic mass is 9.92. The first-order valence-corrected chi connectivity index (χ1v) is 12.0. The van der Waals surface area contributed by atoms with Crippen LogP contribution in [0.4, 0.5) is 0 Å². The fourth-order valence-corrected chi connectivity index (χ4v) is 4.50. The molecule has 0 aliphatic heterocycles. The molecule has 3 N–H and O–H groups in total. The highest BCUT2D eigenvalue weighted by atomic mass is 32.2. The van der Waals surface area contributed by atoms with Gasteiger partial charge in [-0.05, 0) is 38.0 Å². The van der Waals surface area contributed by atoms with E-state index in [0.29, 0.717) is 12.1 Å². The van der Waals surface area contributed by atoms with Crippen molar-refractivity contribution >= 4 is 20.0 Å². The van der Waals surface area contributed by atoms with Gasteiger partial charge < -0.3 is 0 Å². The van der Waals surface area contributed by atoms with E-state index >= 15 is 0 Å². The number of aromatic nitrogens is 2. The molecule has 0 fully saturated rings. The van der Waals surface area contributed by atoms with E-state index in [9.17, 15) is 16.8 Å². The topological polar surface area (TPSA) is 124 Å². The van der Waals surface area contributed by atoms with Gasteiger partial charge in [-0.3, -0.25) is 4.68 Å². The smallest absolute Gasteiger partial charge is 0.244 e. The van der Waals surface area contributed by atoms with E-state index in [1.165, 1.54) is 12.1 Å². The van der Waals surface area contributed by atoms with E-state index in [0.717, 1.165) is 5.56 Å². The molecule has 1 aromatic heterocycles. The van der Waals surface area contributed by atoms with Crippen LogP contribution in [0.2, 0.25) is 0 Å². The van der Waals surface area contributed by atoms with Gasteiger partial charge in [0.05, 0.1) is 10.6 Å². The molecule has 0 saturated heterocycles. The van der Waals surface area contributed by atoms with Gasteiger partial charge in [0.25, 0.3) is 0 Å². The van der Waals surface area contributed by atoms with E-state index in [4.69, 9.17) is 5.14 Å². The van der Waals surface area contributed by atoms with Crippen molar-refractivity contribution in [3.63, 3.8) is 0 Å². The summed E-state index contributed by atoms with van der Waals surface area (Å²) in [6, 6.07) is 6.09. The van der Waals surface area contributed by atoms with Crippen LogP contribution in [0.3, 0.4) is 0 Å². The molecule has 8 nitrogen and oxygen atoms in total. The summed E-state index contributed by atoms with van der Waals surface area (Å²) in [6.07, 6.45) is 1.97. The lowest BCUT2D eigenvalue weighted by Gasteiger charge is -2.17. The summed E-state index contributed by atoms with van der Waals surface area (Å²) in [4.78, 5) is 0.200. The maximum absolute atomic E-state index is 12.9. The van der Waals surface area contributed by atoms with Crippen molar-refractivity contribution in [3.05, 3.63) is 41.7 Å². The van der Waals surface area contributed by atoms with Crippen molar-refractivity contribution in [2.24, 2.45) is 5.14 Å². The fourth-order valence-electron chi connectivity index (χ4n) is 2.61. The van der Waals surface area contributed by atoms with E-state index in [1.54, 1.807) is 23.0 Å². The van der Waals surface area contributed by atoms with Gasteiger partial charge >= 0.3 is 0 Å². The SMILES string of the molecule is CC(C)n1cc(S(=O)(=O)NCCc2ccc(S(N)(=O)=O)cc2)c(C(C)(C)C)n1. The Kier molecular flexibility index (Phi) is 6.39. The highest BCUT2D eigenvalue weighted by molar-refractivity contribution is 7.89. The summed E-state index contributed by atoms with van der Waals surface area (Å²) in [5, 5.41) is 9.55. The third kappa shape index (κ3) is 5.40. The zero-order valence-electron chi connectivity index (χ0n) is 16.8. The number of hydrogen-bond acceptors (Lipinski definition) is 5. The van der Waals surface area contributed by atoms with Crippen LogP contribution in [0, 0.1) is 0 Å². The van der Waals surface area contributed by atoms with Crippen molar-refractivity contribution in [1.29, 1.82) is 0 Å². The standard InChI is InChI=1S/C18H28N4O4S2/c1-13(2)22-12-16(17(21-22)18(3,4)5)28(25,26)20-11-10-14-6-8-15(9-7-14)27(19,23)24/h6-9,12-13,20H,10-11H2,1-5H3,(H2,19,23,24). The lowest BCUT2D eigenvalue weighted by Crippen LogP contribution is -2.28. The third-order valence-electron chi connectivity index (χ3n) is 4.19. The Morgan fingerprint density at radius 3 is 2.14 bits per heavy atom. The second-order valence-electron chi connectivity index (χ2n) is 8.00. The van der Waals surface area contributed by atoms with Gasteiger partial charge in [-0.2, -0.15) is 5.10 Å². The summed E-state index contributed by atoms with van der Waals surface area (Å²) < 4.78 is 52.5. The Morgan fingerprint density at radius 2 is 1.68 bits per heavy atom. The Bertz CT molecular complexity index is 1030. The van der Waals surface area contributed by atoms with Gasteiger partial charge in [-0.15, -0.1) is 0 Å². The number of sulfonamides is 2. The normalized spacial score (nSPS) is 13.2. The summed E-state index contributed by atoms with van der Waals surface area (Å²) >= 11 is 0. The van der Waals surface area contributed by atoms with Crippen molar-refractivity contribution in [1.82, 2.24) is 14.5 Å². The molecule has 0 aliphatic carbocycles. The second-order valence-corrected chi connectivity index (χ2v) is 11.3. The maximum atomic E-state index is 12.9. The van der Waals surface area contributed by atoms with Gasteiger partial charge in [0.1, 0.15) is 4.90 Å². The zero-order chi connectivity index (χ0) is 21.3. The molecule has 0 bridgehead atoms. The van der Waals surface area contributed by atoms with Gasteiger partial charge in [-0.1, -0.05) is 32.9 Å². The molecule has 0 amide bonds. The number of nitrogens with one attached hydrogen (secondary N) is 1. The first kappa shape index (κ1) is 22.5. The molecule has 0 atom stereocenters. The van der Waals surface area contributed by atoms with Crippen LogP contribution in [0.5, 0.6) is 0 Å². The first-order valence-electron chi connectivity index (χ1n) is 8.93. The minimum absolute atomic E-state index is 0.0211. The highest BCUT2D eigenvalue weighted by Crippen LogP contribution is 2.28. The van der Waals surface area contributed by atoms with Gasteiger partial charge in [0.2, 0.25) is 20.0 Å². The molecule has 1 aromatic carbocycles. The molecule has 10 heteroatoms. The number of nitrogens with zero attached hydrogens (tertiary/aromatic N) is 2. The van der Waals surface area contributed by atoms with Crippen molar-refractivity contribution in [2.45, 2.75) is 62.3 Å². The predicted molar refractivity (Wildman–Crippen MR) is 108 cm³/mol. The van der Waals surface area contributed by atoms with Crippen LogP contribution in [0.25, 0.3) is 0 Å². The molecule has 0 saturated carbocycles. The van der Waals surface area contributed by atoms with Crippen LogP contribution in [-0.2, 0) is 31.9 Å².